The minimum Gasteiger partial charge on any atom is -0.493 e. The molecule has 1 aromatic rings. The van der Waals surface area contributed by atoms with Crippen LogP contribution in [0.2, 0.25) is 0 Å². The van der Waals surface area contributed by atoms with Crippen LogP contribution in [0.15, 0.2) is 24.3 Å². The Morgan fingerprint density at radius 1 is 1.17 bits per heavy atom. The monoisotopic (exact) mass is 332 g/mol. The summed E-state index contributed by atoms with van der Waals surface area (Å²) in [7, 11) is 1.62. The van der Waals surface area contributed by atoms with Crippen LogP contribution >= 0.6 is 0 Å². The largest absolute Gasteiger partial charge is 0.493 e. The fourth-order valence-corrected chi connectivity index (χ4v) is 3.13. The van der Waals surface area contributed by atoms with E-state index in [-0.39, 0.29) is 5.91 Å². The lowest BCUT2D eigenvalue weighted by molar-refractivity contribution is -0.132. The highest BCUT2D eigenvalue weighted by atomic mass is 16.5. The molecule has 2 aliphatic rings. The first-order chi connectivity index (χ1) is 11.8. The van der Waals surface area contributed by atoms with Gasteiger partial charge in [0.25, 0.3) is 0 Å². The number of likely N-dealkylation sites (tertiary alicyclic amines) is 1. The summed E-state index contributed by atoms with van der Waals surface area (Å²) in [5.74, 6) is 2.49. The predicted octanol–water partition coefficient (Wildman–Crippen LogP) is 2.45. The van der Waals surface area contributed by atoms with Gasteiger partial charge in [0.05, 0.1) is 20.1 Å². The first-order valence-electron chi connectivity index (χ1n) is 9.03. The topological polar surface area (TPSA) is 50.8 Å². The molecule has 1 aliphatic heterocycles. The van der Waals surface area contributed by atoms with Crippen molar-refractivity contribution in [3.8, 4) is 11.5 Å². The summed E-state index contributed by atoms with van der Waals surface area (Å²) < 4.78 is 10.9. The summed E-state index contributed by atoms with van der Waals surface area (Å²) in [5, 5.41) is 3.64. The van der Waals surface area contributed by atoms with E-state index < -0.39 is 0 Å². The number of rotatable bonds is 8. The number of amides is 1. The molecule has 0 atom stereocenters. The predicted molar refractivity (Wildman–Crippen MR) is 93.4 cm³/mol. The molecule has 0 bridgehead atoms. The Labute approximate surface area is 144 Å². The maximum atomic E-state index is 12.3. The van der Waals surface area contributed by atoms with Crippen molar-refractivity contribution in [2.75, 3.05) is 33.4 Å². The molecule has 0 spiro atoms. The number of benzene rings is 1. The van der Waals surface area contributed by atoms with Gasteiger partial charge in [-0.15, -0.1) is 0 Å². The molecule has 1 heterocycles. The summed E-state index contributed by atoms with van der Waals surface area (Å²) >= 11 is 0. The molecule has 2 fully saturated rings. The van der Waals surface area contributed by atoms with Crippen LogP contribution < -0.4 is 14.8 Å². The maximum Gasteiger partial charge on any atom is 0.225 e. The Morgan fingerprint density at radius 2 is 1.88 bits per heavy atom. The van der Waals surface area contributed by atoms with Crippen LogP contribution in [0.5, 0.6) is 11.5 Å². The average molecular weight is 332 g/mol. The number of carbonyl (C=O) groups is 1. The normalized spacial score (nSPS) is 18.5. The molecule has 1 aromatic carbocycles. The molecule has 0 unspecified atom stereocenters. The van der Waals surface area contributed by atoms with Crippen LogP contribution in [-0.2, 0) is 4.79 Å². The van der Waals surface area contributed by atoms with Crippen molar-refractivity contribution in [3.63, 3.8) is 0 Å². The fourth-order valence-electron chi connectivity index (χ4n) is 3.13. The third kappa shape index (κ3) is 4.87. The van der Waals surface area contributed by atoms with E-state index in [1.165, 1.54) is 12.8 Å². The number of methoxy groups -OCH3 is 1. The minimum absolute atomic E-state index is 0.186. The second kappa shape index (κ2) is 8.38. The highest BCUT2D eigenvalue weighted by Crippen LogP contribution is 2.28. The highest BCUT2D eigenvalue weighted by Gasteiger charge is 2.25. The van der Waals surface area contributed by atoms with Crippen LogP contribution in [0.1, 0.15) is 32.1 Å². The van der Waals surface area contributed by atoms with Crippen molar-refractivity contribution >= 4 is 5.91 Å². The lowest BCUT2D eigenvalue weighted by Crippen LogP contribution is -2.45. The van der Waals surface area contributed by atoms with Crippen molar-refractivity contribution < 1.29 is 14.3 Å². The zero-order chi connectivity index (χ0) is 16.8. The number of ether oxygens (including phenoxy) is 2. The van der Waals surface area contributed by atoms with Crippen molar-refractivity contribution in [1.29, 1.82) is 0 Å². The Kier molecular flexibility index (Phi) is 5.96. The number of hydrogen-bond acceptors (Lipinski definition) is 4. The lowest BCUT2D eigenvalue weighted by Gasteiger charge is -2.32. The SMILES string of the molecule is COc1ccccc1OCCC(=O)N1CCC(NCC2CC2)CC1. The molecule has 1 saturated carbocycles. The van der Waals surface area contributed by atoms with E-state index >= 15 is 0 Å². The van der Waals surface area contributed by atoms with Crippen LogP contribution in [0.4, 0.5) is 0 Å². The molecule has 1 saturated heterocycles. The van der Waals surface area contributed by atoms with Gasteiger partial charge in [-0.3, -0.25) is 4.79 Å². The van der Waals surface area contributed by atoms with Crippen LogP contribution in [-0.4, -0.2) is 50.2 Å². The number of piperidine rings is 1. The number of nitrogens with zero attached hydrogens (tertiary/aromatic N) is 1. The third-order valence-corrected chi connectivity index (χ3v) is 4.88. The van der Waals surface area contributed by atoms with Gasteiger partial charge >= 0.3 is 0 Å². The molecular formula is C19H28N2O3. The quantitative estimate of drug-likeness (QED) is 0.794. The van der Waals surface area contributed by atoms with E-state index in [1.807, 2.05) is 29.2 Å². The standard InChI is InChI=1S/C19H28N2O3/c1-23-17-4-2-3-5-18(17)24-13-10-19(22)21-11-8-16(9-12-21)20-14-15-6-7-15/h2-5,15-16,20H,6-14H2,1H3. The van der Waals surface area contributed by atoms with E-state index in [0.29, 0.717) is 30.6 Å². The van der Waals surface area contributed by atoms with Gasteiger partial charge in [-0.25, -0.2) is 0 Å². The number of para-hydroxylation sites is 2. The Hall–Kier alpha value is -1.75. The zero-order valence-corrected chi connectivity index (χ0v) is 14.5. The first-order valence-corrected chi connectivity index (χ1v) is 9.03. The van der Waals surface area contributed by atoms with Crippen molar-refractivity contribution in [1.82, 2.24) is 10.2 Å². The van der Waals surface area contributed by atoms with Gasteiger partial charge in [0, 0.05) is 19.1 Å². The van der Waals surface area contributed by atoms with Crippen LogP contribution in [0.25, 0.3) is 0 Å². The van der Waals surface area contributed by atoms with E-state index in [1.54, 1.807) is 7.11 Å². The Balaban J connectivity index is 1.35. The van der Waals surface area contributed by atoms with Crippen LogP contribution in [0.3, 0.4) is 0 Å². The first kappa shape index (κ1) is 17.1. The molecule has 5 heteroatoms. The summed E-state index contributed by atoms with van der Waals surface area (Å²) in [5.41, 5.74) is 0. The molecule has 0 radical (unpaired) electrons. The van der Waals surface area contributed by atoms with Gasteiger partial charge in [0.15, 0.2) is 11.5 Å². The Morgan fingerprint density at radius 3 is 2.54 bits per heavy atom. The van der Waals surface area contributed by atoms with Gasteiger partial charge in [-0.1, -0.05) is 12.1 Å². The second-order valence-corrected chi connectivity index (χ2v) is 6.76. The van der Waals surface area contributed by atoms with Crippen LogP contribution in [0, 0.1) is 5.92 Å². The van der Waals surface area contributed by atoms with Crippen molar-refractivity contribution in [2.45, 2.75) is 38.1 Å². The average Bonchev–Trinajstić information content (AvgIpc) is 3.45. The van der Waals surface area contributed by atoms with Gasteiger partial charge in [0.1, 0.15) is 0 Å². The summed E-state index contributed by atoms with van der Waals surface area (Å²) in [6.45, 7) is 3.26. The van der Waals surface area contributed by atoms with Gasteiger partial charge in [0.2, 0.25) is 5.91 Å². The number of nitrogens with one attached hydrogen (secondary N) is 1. The highest BCUT2D eigenvalue weighted by molar-refractivity contribution is 5.76. The lowest BCUT2D eigenvalue weighted by atomic mass is 10.0. The minimum atomic E-state index is 0.186. The molecule has 0 aromatic heterocycles. The molecule has 132 valence electrons. The molecule has 1 aliphatic carbocycles. The third-order valence-electron chi connectivity index (χ3n) is 4.88. The van der Waals surface area contributed by atoms with E-state index in [4.69, 9.17) is 9.47 Å². The summed E-state index contributed by atoms with van der Waals surface area (Å²) in [6.07, 6.45) is 5.31. The fraction of sp³-hybridized carbons (Fsp3) is 0.632. The van der Waals surface area contributed by atoms with E-state index in [0.717, 1.165) is 38.4 Å². The molecule has 3 rings (SSSR count). The number of hydrogen-bond donors (Lipinski definition) is 1. The second-order valence-electron chi connectivity index (χ2n) is 6.76. The molecule has 5 nitrogen and oxygen atoms in total. The maximum absolute atomic E-state index is 12.3. The number of carbonyl (C=O) groups excluding carboxylic acids is 1. The van der Waals surface area contributed by atoms with Gasteiger partial charge < -0.3 is 19.7 Å². The van der Waals surface area contributed by atoms with E-state index in [2.05, 4.69) is 5.32 Å². The summed E-state index contributed by atoms with van der Waals surface area (Å²) in [6, 6.07) is 8.10. The van der Waals surface area contributed by atoms with Gasteiger partial charge in [-0.05, 0) is 50.3 Å². The smallest absolute Gasteiger partial charge is 0.225 e. The zero-order valence-electron chi connectivity index (χ0n) is 14.5. The summed E-state index contributed by atoms with van der Waals surface area (Å²) in [4.78, 5) is 14.3. The molecule has 1 amide bonds. The van der Waals surface area contributed by atoms with E-state index in [9.17, 15) is 4.79 Å². The molecular weight excluding hydrogens is 304 g/mol. The van der Waals surface area contributed by atoms with Crippen molar-refractivity contribution in [2.24, 2.45) is 5.92 Å². The molecule has 1 N–H and O–H groups in total. The Bertz CT molecular complexity index is 537. The van der Waals surface area contributed by atoms with Crippen molar-refractivity contribution in [3.05, 3.63) is 24.3 Å². The van der Waals surface area contributed by atoms with Gasteiger partial charge in [-0.2, -0.15) is 0 Å². The molecule has 24 heavy (non-hydrogen) atoms.